The van der Waals surface area contributed by atoms with Crippen molar-refractivity contribution in [3.63, 3.8) is 0 Å². The van der Waals surface area contributed by atoms with Crippen molar-refractivity contribution in [3.8, 4) is 11.5 Å². The van der Waals surface area contributed by atoms with E-state index in [1.807, 2.05) is 37.3 Å². The lowest BCUT2D eigenvalue weighted by Crippen LogP contribution is -2.26. The van der Waals surface area contributed by atoms with Gasteiger partial charge >= 0.3 is 0 Å². The van der Waals surface area contributed by atoms with Crippen molar-refractivity contribution >= 4 is 23.0 Å². The Bertz CT molecular complexity index is 783. The number of nitrogens with zero attached hydrogens (tertiary/aromatic N) is 1. The number of Topliss-reactive ketones (excluding diaryl/α,β-unsaturated/α-hetero) is 1. The Morgan fingerprint density at radius 3 is 2.56 bits per heavy atom. The second-order valence-electron chi connectivity index (χ2n) is 6.06. The van der Waals surface area contributed by atoms with Crippen LogP contribution in [-0.2, 0) is 11.3 Å². The largest absolute Gasteiger partial charge is 0.486 e. The van der Waals surface area contributed by atoms with E-state index in [4.69, 9.17) is 9.47 Å². The van der Waals surface area contributed by atoms with E-state index in [0.29, 0.717) is 25.5 Å². The molecule has 0 unspecified atom stereocenters. The maximum atomic E-state index is 12.3. The number of benzene rings is 1. The first-order chi connectivity index (χ1) is 12.0. The molecule has 1 aromatic carbocycles. The molecule has 6 heteroatoms. The highest BCUT2D eigenvalue weighted by atomic mass is 32.1. The summed E-state index contributed by atoms with van der Waals surface area (Å²) in [5.74, 6) is 1.43. The number of hydrogen-bond donors (Lipinski definition) is 0. The molecule has 0 saturated carbocycles. The molecule has 5 nitrogen and oxygen atoms in total. The molecule has 0 spiro atoms. The van der Waals surface area contributed by atoms with Crippen LogP contribution in [0.5, 0.6) is 11.5 Å². The maximum absolute atomic E-state index is 12.3. The lowest BCUT2D eigenvalue weighted by Gasteiger charge is -2.21. The van der Waals surface area contributed by atoms with E-state index < -0.39 is 0 Å². The first-order valence-corrected chi connectivity index (χ1v) is 9.07. The molecule has 3 rings (SSSR count). The number of thiophene rings is 1. The van der Waals surface area contributed by atoms with Crippen molar-refractivity contribution in [2.75, 3.05) is 20.3 Å². The van der Waals surface area contributed by atoms with E-state index in [1.54, 1.807) is 11.9 Å². The average molecular weight is 359 g/mol. The highest BCUT2D eigenvalue weighted by Gasteiger charge is 2.16. The number of carbonyl (C=O) groups excluding carboxylic acids is 2. The molecule has 0 aliphatic carbocycles. The minimum atomic E-state index is -0.0449. The smallest absolute Gasteiger partial charge is 0.223 e. The number of rotatable bonds is 6. The predicted molar refractivity (Wildman–Crippen MR) is 96.5 cm³/mol. The van der Waals surface area contributed by atoms with Gasteiger partial charge in [0.15, 0.2) is 17.3 Å². The fourth-order valence-electron chi connectivity index (χ4n) is 2.67. The Morgan fingerprint density at radius 1 is 1.08 bits per heavy atom. The third-order valence-electron chi connectivity index (χ3n) is 4.03. The van der Waals surface area contributed by atoms with Gasteiger partial charge in [-0.2, -0.15) is 0 Å². The number of amides is 1. The highest BCUT2D eigenvalue weighted by molar-refractivity contribution is 7.14. The molecular formula is C19H21NO4S. The van der Waals surface area contributed by atoms with Crippen LogP contribution in [0.1, 0.15) is 33.0 Å². The molecule has 1 aromatic heterocycles. The van der Waals surface area contributed by atoms with Crippen molar-refractivity contribution < 1.29 is 19.1 Å². The Kier molecular flexibility index (Phi) is 5.38. The van der Waals surface area contributed by atoms with E-state index in [2.05, 4.69) is 0 Å². The summed E-state index contributed by atoms with van der Waals surface area (Å²) < 4.78 is 11.1. The summed E-state index contributed by atoms with van der Waals surface area (Å²) in [5.41, 5.74) is 0.973. The van der Waals surface area contributed by atoms with Crippen molar-refractivity contribution in [1.29, 1.82) is 0 Å². The first kappa shape index (κ1) is 17.5. The molecule has 1 amide bonds. The Morgan fingerprint density at radius 2 is 1.84 bits per heavy atom. The van der Waals surface area contributed by atoms with Crippen molar-refractivity contribution in [2.45, 2.75) is 26.3 Å². The van der Waals surface area contributed by atoms with Gasteiger partial charge in [0.05, 0.1) is 4.88 Å². The first-order valence-electron chi connectivity index (χ1n) is 8.25. The van der Waals surface area contributed by atoms with E-state index in [-0.39, 0.29) is 24.5 Å². The number of carbonyl (C=O) groups is 2. The topological polar surface area (TPSA) is 55.8 Å². The summed E-state index contributed by atoms with van der Waals surface area (Å²) in [4.78, 5) is 27.9. The Balaban J connectivity index is 1.53. The number of ether oxygens (including phenoxy) is 2. The van der Waals surface area contributed by atoms with Gasteiger partial charge in [0.2, 0.25) is 5.91 Å². The van der Waals surface area contributed by atoms with Crippen LogP contribution in [0, 0.1) is 6.92 Å². The van der Waals surface area contributed by atoms with E-state index >= 15 is 0 Å². The van der Waals surface area contributed by atoms with Crippen LogP contribution >= 0.6 is 11.3 Å². The molecule has 0 saturated heterocycles. The molecule has 0 atom stereocenters. The van der Waals surface area contributed by atoms with Crippen LogP contribution in [-0.4, -0.2) is 36.9 Å². The van der Waals surface area contributed by atoms with Crippen LogP contribution in [0.2, 0.25) is 0 Å². The fraction of sp³-hybridized carbons (Fsp3) is 0.368. The summed E-state index contributed by atoms with van der Waals surface area (Å²) >= 11 is 1.47. The summed E-state index contributed by atoms with van der Waals surface area (Å²) in [6.45, 7) is 3.54. The van der Waals surface area contributed by atoms with Gasteiger partial charge in [0.1, 0.15) is 13.2 Å². The van der Waals surface area contributed by atoms with E-state index in [9.17, 15) is 9.59 Å². The standard InChI is InChI=1S/C19H21NO4S/c1-13-3-7-18(25-13)15(21)5-8-19(22)20(2)12-14-4-6-16-17(11-14)24-10-9-23-16/h3-4,6-7,11H,5,8-10,12H2,1-2H3. The third kappa shape index (κ3) is 4.39. The molecule has 25 heavy (non-hydrogen) atoms. The zero-order chi connectivity index (χ0) is 17.8. The van der Waals surface area contributed by atoms with Gasteiger partial charge in [0, 0.05) is 31.3 Å². The van der Waals surface area contributed by atoms with Crippen molar-refractivity contribution in [1.82, 2.24) is 4.90 Å². The van der Waals surface area contributed by atoms with Crippen LogP contribution in [0.25, 0.3) is 0 Å². The molecule has 1 aliphatic heterocycles. The molecular weight excluding hydrogens is 338 g/mol. The lowest BCUT2D eigenvalue weighted by molar-refractivity contribution is -0.130. The molecule has 2 heterocycles. The Labute approximate surface area is 151 Å². The molecule has 0 bridgehead atoms. The number of hydrogen-bond acceptors (Lipinski definition) is 5. The minimum Gasteiger partial charge on any atom is -0.486 e. The second-order valence-corrected chi connectivity index (χ2v) is 7.35. The molecule has 132 valence electrons. The van der Waals surface area contributed by atoms with Gasteiger partial charge in [-0.3, -0.25) is 9.59 Å². The molecule has 1 aliphatic rings. The van der Waals surface area contributed by atoms with Gasteiger partial charge in [-0.15, -0.1) is 11.3 Å². The molecule has 0 fully saturated rings. The molecule has 0 N–H and O–H groups in total. The Hall–Kier alpha value is -2.34. The van der Waals surface area contributed by atoms with Crippen LogP contribution in [0.15, 0.2) is 30.3 Å². The normalized spacial score (nSPS) is 12.7. The highest BCUT2D eigenvalue weighted by Crippen LogP contribution is 2.31. The quantitative estimate of drug-likeness (QED) is 0.741. The van der Waals surface area contributed by atoms with Crippen LogP contribution < -0.4 is 9.47 Å². The van der Waals surface area contributed by atoms with Gasteiger partial charge in [-0.25, -0.2) is 0 Å². The summed E-state index contributed by atoms with van der Waals surface area (Å²) in [6, 6.07) is 9.44. The average Bonchev–Trinajstić information content (AvgIpc) is 3.05. The van der Waals surface area contributed by atoms with Crippen LogP contribution in [0.4, 0.5) is 0 Å². The number of aryl methyl sites for hydroxylation is 1. The van der Waals surface area contributed by atoms with Gasteiger partial charge in [-0.05, 0) is 36.8 Å². The zero-order valence-electron chi connectivity index (χ0n) is 14.4. The predicted octanol–water partition coefficient (Wildman–Crippen LogP) is 3.45. The van der Waals surface area contributed by atoms with Crippen molar-refractivity contribution in [2.24, 2.45) is 0 Å². The van der Waals surface area contributed by atoms with Crippen LogP contribution in [0.3, 0.4) is 0 Å². The minimum absolute atomic E-state index is 0.0270. The summed E-state index contributed by atoms with van der Waals surface area (Å²) in [7, 11) is 1.75. The van der Waals surface area contributed by atoms with Gasteiger partial charge < -0.3 is 14.4 Å². The SMILES string of the molecule is Cc1ccc(C(=O)CCC(=O)N(C)Cc2ccc3c(c2)OCCO3)s1. The van der Waals surface area contributed by atoms with Gasteiger partial charge in [-0.1, -0.05) is 6.07 Å². The summed E-state index contributed by atoms with van der Waals surface area (Å²) in [5, 5.41) is 0. The van der Waals surface area contributed by atoms with E-state index in [1.165, 1.54) is 11.3 Å². The summed E-state index contributed by atoms with van der Waals surface area (Å²) in [6.07, 6.45) is 0.459. The van der Waals surface area contributed by atoms with E-state index in [0.717, 1.165) is 21.1 Å². The fourth-order valence-corrected chi connectivity index (χ4v) is 3.50. The third-order valence-corrected chi connectivity index (χ3v) is 5.07. The monoisotopic (exact) mass is 359 g/mol. The second kappa shape index (κ2) is 7.70. The number of fused-ring (bicyclic) bond motifs is 1. The zero-order valence-corrected chi connectivity index (χ0v) is 15.2. The lowest BCUT2D eigenvalue weighted by atomic mass is 10.1. The molecule has 0 radical (unpaired) electrons. The maximum Gasteiger partial charge on any atom is 0.223 e. The van der Waals surface area contributed by atoms with Gasteiger partial charge in [0.25, 0.3) is 0 Å². The number of ketones is 1. The molecule has 2 aromatic rings. The van der Waals surface area contributed by atoms with Crippen molar-refractivity contribution in [3.05, 3.63) is 45.6 Å².